The van der Waals surface area contributed by atoms with Crippen LogP contribution in [0.5, 0.6) is 0 Å². The lowest BCUT2D eigenvalue weighted by Gasteiger charge is -2.20. The first-order valence-electron chi connectivity index (χ1n) is 6.94. The standard InChI is InChI=1S/C18H16N2O/c1-18(2)15-8-3-4-9-16(15)20(17(18)21)12-14-7-5-6-13(10-14)11-19/h3-10H,12H2,1-2H3. The van der Waals surface area contributed by atoms with Gasteiger partial charge in [-0.2, -0.15) is 5.26 Å². The summed E-state index contributed by atoms with van der Waals surface area (Å²) in [6.45, 7) is 4.41. The number of hydrogen-bond donors (Lipinski definition) is 0. The van der Waals surface area contributed by atoms with Gasteiger partial charge in [0.15, 0.2) is 0 Å². The Hall–Kier alpha value is -2.60. The molecule has 2 aromatic carbocycles. The van der Waals surface area contributed by atoms with E-state index in [9.17, 15) is 4.79 Å². The highest BCUT2D eigenvalue weighted by atomic mass is 16.2. The van der Waals surface area contributed by atoms with Crippen LogP contribution in [0.1, 0.15) is 30.5 Å². The highest BCUT2D eigenvalue weighted by Crippen LogP contribution is 2.41. The summed E-state index contributed by atoms with van der Waals surface area (Å²) in [5, 5.41) is 8.99. The number of fused-ring (bicyclic) bond motifs is 1. The summed E-state index contributed by atoms with van der Waals surface area (Å²) in [4.78, 5) is 14.5. The molecule has 0 aliphatic carbocycles. The average Bonchev–Trinajstić information content (AvgIpc) is 2.69. The summed E-state index contributed by atoms with van der Waals surface area (Å²) < 4.78 is 0. The molecule has 0 N–H and O–H groups in total. The van der Waals surface area contributed by atoms with Gasteiger partial charge in [0.05, 0.1) is 23.6 Å². The average molecular weight is 276 g/mol. The monoisotopic (exact) mass is 276 g/mol. The third kappa shape index (κ3) is 2.09. The van der Waals surface area contributed by atoms with Crippen molar-refractivity contribution in [2.45, 2.75) is 25.8 Å². The number of anilines is 1. The first kappa shape index (κ1) is 13.4. The Morgan fingerprint density at radius 1 is 1.14 bits per heavy atom. The van der Waals surface area contributed by atoms with Crippen LogP contribution in [0.25, 0.3) is 0 Å². The Kier molecular flexibility index (Phi) is 3.03. The minimum absolute atomic E-state index is 0.103. The number of para-hydroxylation sites is 1. The highest BCUT2D eigenvalue weighted by molar-refractivity contribution is 6.07. The molecule has 0 aromatic heterocycles. The van der Waals surface area contributed by atoms with Gasteiger partial charge in [-0.25, -0.2) is 0 Å². The Morgan fingerprint density at radius 2 is 1.90 bits per heavy atom. The van der Waals surface area contributed by atoms with Crippen LogP contribution in [0, 0.1) is 11.3 Å². The molecular weight excluding hydrogens is 260 g/mol. The molecule has 2 aromatic rings. The van der Waals surface area contributed by atoms with Gasteiger partial charge in [0, 0.05) is 5.69 Å². The molecular formula is C18H16N2O. The molecule has 1 heterocycles. The number of carbonyl (C=O) groups is 1. The van der Waals surface area contributed by atoms with Crippen molar-refractivity contribution in [3.63, 3.8) is 0 Å². The summed E-state index contributed by atoms with van der Waals surface area (Å²) in [7, 11) is 0. The van der Waals surface area contributed by atoms with Gasteiger partial charge in [-0.15, -0.1) is 0 Å². The molecule has 104 valence electrons. The van der Waals surface area contributed by atoms with Gasteiger partial charge >= 0.3 is 0 Å². The van der Waals surface area contributed by atoms with Gasteiger partial charge in [0.1, 0.15) is 0 Å². The second-order valence-corrected chi connectivity index (χ2v) is 5.85. The number of rotatable bonds is 2. The Morgan fingerprint density at radius 3 is 2.67 bits per heavy atom. The molecule has 0 fully saturated rings. The van der Waals surface area contributed by atoms with Crippen molar-refractivity contribution in [3.8, 4) is 6.07 Å². The molecule has 0 unspecified atom stereocenters. The normalized spacial score (nSPS) is 15.7. The van der Waals surface area contributed by atoms with Gasteiger partial charge in [0.25, 0.3) is 0 Å². The van der Waals surface area contributed by atoms with Gasteiger partial charge in [-0.05, 0) is 43.2 Å². The van der Waals surface area contributed by atoms with Crippen LogP contribution in [0.4, 0.5) is 5.69 Å². The summed E-state index contributed by atoms with van der Waals surface area (Å²) >= 11 is 0. The van der Waals surface area contributed by atoms with E-state index in [0.717, 1.165) is 16.8 Å². The number of hydrogen-bond acceptors (Lipinski definition) is 2. The third-order valence-electron chi connectivity index (χ3n) is 4.04. The van der Waals surface area contributed by atoms with E-state index in [2.05, 4.69) is 6.07 Å². The highest BCUT2D eigenvalue weighted by Gasteiger charge is 2.43. The van der Waals surface area contributed by atoms with Crippen molar-refractivity contribution in [3.05, 3.63) is 65.2 Å². The number of carbonyl (C=O) groups excluding carboxylic acids is 1. The minimum atomic E-state index is -0.497. The van der Waals surface area contributed by atoms with Gasteiger partial charge in [-0.1, -0.05) is 30.3 Å². The number of amides is 1. The van der Waals surface area contributed by atoms with Crippen LogP contribution >= 0.6 is 0 Å². The molecule has 0 radical (unpaired) electrons. The first-order valence-corrected chi connectivity index (χ1v) is 6.94. The van der Waals surface area contributed by atoms with Crippen LogP contribution in [-0.2, 0) is 16.8 Å². The van der Waals surface area contributed by atoms with Crippen LogP contribution in [-0.4, -0.2) is 5.91 Å². The maximum Gasteiger partial charge on any atom is 0.237 e. The Balaban J connectivity index is 2.00. The lowest BCUT2D eigenvalue weighted by Crippen LogP contribution is -2.35. The summed E-state index contributed by atoms with van der Waals surface area (Å²) in [5.41, 5.74) is 3.12. The second-order valence-electron chi connectivity index (χ2n) is 5.85. The fraction of sp³-hybridized carbons (Fsp3) is 0.222. The van der Waals surface area contributed by atoms with Gasteiger partial charge in [0.2, 0.25) is 5.91 Å². The Bertz CT molecular complexity index is 756. The maximum absolute atomic E-state index is 12.7. The fourth-order valence-corrected chi connectivity index (χ4v) is 2.88. The summed E-state index contributed by atoms with van der Waals surface area (Å²) in [5.74, 6) is 0.103. The zero-order chi connectivity index (χ0) is 15.0. The van der Waals surface area contributed by atoms with Crippen molar-refractivity contribution in [1.82, 2.24) is 0 Å². The maximum atomic E-state index is 12.7. The van der Waals surface area contributed by atoms with E-state index in [0.29, 0.717) is 12.1 Å². The zero-order valence-corrected chi connectivity index (χ0v) is 12.1. The van der Waals surface area contributed by atoms with Crippen LogP contribution < -0.4 is 4.90 Å². The van der Waals surface area contributed by atoms with Gasteiger partial charge in [-0.3, -0.25) is 4.79 Å². The van der Waals surface area contributed by atoms with E-state index in [1.54, 1.807) is 6.07 Å². The van der Waals surface area contributed by atoms with E-state index in [1.807, 2.05) is 61.2 Å². The van der Waals surface area contributed by atoms with Crippen molar-refractivity contribution in [1.29, 1.82) is 5.26 Å². The molecule has 21 heavy (non-hydrogen) atoms. The van der Waals surface area contributed by atoms with Crippen molar-refractivity contribution in [2.75, 3.05) is 4.90 Å². The fourth-order valence-electron chi connectivity index (χ4n) is 2.88. The van der Waals surface area contributed by atoms with Crippen LogP contribution in [0.15, 0.2) is 48.5 Å². The molecule has 0 atom stereocenters. The van der Waals surface area contributed by atoms with Crippen molar-refractivity contribution in [2.24, 2.45) is 0 Å². The van der Waals surface area contributed by atoms with E-state index in [4.69, 9.17) is 5.26 Å². The quantitative estimate of drug-likeness (QED) is 0.844. The summed E-state index contributed by atoms with van der Waals surface area (Å²) in [6, 6.07) is 17.5. The van der Waals surface area contributed by atoms with E-state index in [1.165, 1.54) is 0 Å². The van der Waals surface area contributed by atoms with Crippen molar-refractivity contribution >= 4 is 11.6 Å². The van der Waals surface area contributed by atoms with E-state index in [-0.39, 0.29) is 5.91 Å². The van der Waals surface area contributed by atoms with Gasteiger partial charge < -0.3 is 4.90 Å². The zero-order valence-electron chi connectivity index (χ0n) is 12.1. The molecule has 3 heteroatoms. The SMILES string of the molecule is CC1(C)C(=O)N(Cc2cccc(C#N)c2)c2ccccc21. The minimum Gasteiger partial charge on any atom is -0.307 e. The van der Waals surface area contributed by atoms with Crippen molar-refractivity contribution < 1.29 is 4.79 Å². The molecule has 3 nitrogen and oxygen atoms in total. The second kappa shape index (κ2) is 4.75. The topological polar surface area (TPSA) is 44.1 Å². The van der Waals surface area contributed by atoms with Crippen LogP contribution in [0.2, 0.25) is 0 Å². The van der Waals surface area contributed by atoms with E-state index >= 15 is 0 Å². The number of nitriles is 1. The predicted octanol–water partition coefficient (Wildman–Crippen LogP) is 3.38. The molecule has 1 aliphatic rings. The number of benzene rings is 2. The number of nitrogens with zero attached hydrogens (tertiary/aromatic N) is 2. The molecule has 0 saturated heterocycles. The lowest BCUT2D eigenvalue weighted by molar-refractivity contribution is -0.122. The smallest absolute Gasteiger partial charge is 0.237 e. The van der Waals surface area contributed by atoms with E-state index < -0.39 is 5.41 Å². The predicted molar refractivity (Wildman–Crippen MR) is 81.8 cm³/mol. The van der Waals surface area contributed by atoms with Crippen LogP contribution in [0.3, 0.4) is 0 Å². The third-order valence-corrected chi connectivity index (χ3v) is 4.04. The molecule has 3 rings (SSSR count). The molecule has 0 spiro atoms. The molecule has 1 amide bonds. The Labute approximate surface area is 124 Å². The molecule has 0 bridgehead atoms. The lowest BCUT2D eigenvalue weighted by atomic mass is 9.86. The summed E-state index contributed by atoms with van der Waals surface area (Å²) in [6.07, 6.45) is 0. The first-order chi connectivity index (χ1) is 10.0. The molecule has 1 aliphatic heterocycles. The largest absolute Gasteiger partial charge is 0.307 e. The molecule has 0 saturated carbocycles.